The average molecular weight is 352 g/mol. The van der Waals surface area contributed by atoms with Crippen LogP contribution < -0.4 is 4.72 Å². The van der Waals surface area contributed by atoms with Crippen molar-refractivity contribution in [3.05, 3.63) is 47.3 Å². The number of rotatable bonds is 6. The highest BCUT2D eigenvalue weighted by Gasteiger charge is 2.18. The Kier molecular flexibility index (Phi) is 5.43. The molecular weight excluding hydrogens is 332 g/mol. The topological polar surface area (TPSA) is 66.5 Å². The van der Waals surface area contributed by atoms with Crippen LogP contribution in [0.3, 0.4) is 0 Å². The Morgan fingerprint density at radius 3 is 2.65 bits per heavy atom. The molecule has 1 amide bonds. The first-order valence-electron chi connectivity index (χ1n) is 7.28. The van der Waals surface area contributed by atoms with Gasteiger partial charge in [0, 0.05) is 24.3 Å². The van der Waals surface area contributed by atoms with E-state index in [4.69, 9.17) is 0 Å². The van der Waals surface area contributed by atoms with Gasteiger partial charge in [0.25, 0.3) is 15.9 Å². The standard InChI is InChI=1S/C16H20N2O3S2/c1-4-12(2)18(3)16(19)13-7-5-8-14(11-13)17-23(20,21)15-9-6-10-22-15/h5-12,17H,4H2,1-3H3. The molecule has 1 aromatic carbocycles. The van der Waals surface area contributed by atoms with E-state index in [2.05, 4.69) is 4.72 Å². The van der Waals surface area contributed by atoms with Crippen molar-refractivity contribution < 1.29 is 13.2 Å². The van der Waals surface area contributed by atoms with Crippen molar-refractivity contribution in [1.29, 1.82) is 0 Å². The smallest absolute Gasteiger partial charge is 0.271 e. The number of anilines is 1. The number of hydrogen-bond acceptors (Lipinski definition) is 4. The Bertz CT molecular complexity index is 770. The largest absolute Gasteiger partial charge is 0.339 e. The van der Waals surface area contributed by atoms with Gasteiger partial charge in [0.15, 0.2) is 0 Å². The van der Waals surface area contributed by atoms with Crippen molar-refractivity contribution in [2.75, 3.05) is 11.8 Å². The molecule has 0 bridgehead atoms. The molecule has 1 aromatic heterocycles. The van der Waals surface area contributed by atoms with Crippen molar-refractivity contribution >= 4 is 33.0 Å². The van der Waals surface area contributed by atoms with Gasteiger partial charge in [-0.15, -0.1) is 11.3 Å². The van der Waals surface area contributed by atoms with Crippen LogP contribution in [0.4, 0.5) is 5.69 Å². The number of carbonyl (C=O) groups is 1. The van der Waals surface area contributed by atoms with E-state index in [1.165, 1.54) is 0 Å². The highest BCUT2D eigenvalue weighted by molar-refractivity contribution is 7.94. The van der Waals surface area contributed by atoms with Crippen LogP contribution in [0.2, 0.25) is 0 Å². The van der Waals surface area contributed by atoms with Crippen molar-refractivity contribution in [3.63, 3.8) is 0 Å². The summed E-state index contributed by atoms with van der Waals surface area (Å²) >= 11 is 1.15. The Morgan fingerprint density at radius 1 is 1.30 bits per heavy atom. The number of thiophene rings is 1. The van der Waals surface area contributed by atoms with Gasteiger partial charge >= 0.3 is 0 Å². The SMILES string of the molecule is CCC(C)N(C)C(=O)c1cccc(NS(=O)(=O)c2cccs2)c1. The quantitative estimate of drug-likeness (QED) is 0.866. The molecule has 1 atom stereocenters. The number of nitrogens with zero attached hydrogens (tertiary/aromatic N) is 1. The summed E-state index contributed by atoms with van der Waals surface area (Å²) in [5, 5.41) is 1.70. The number of nitrogens with one attached hydrogen (secondary N) is 1. The van der Waals surface area contributed by atoms with Gasteiger partial charge in [-0.2, -0.15) is 0 Å². The first-order valence-corrected chi connectivity index (χ1v) is 9.65. The molecule has 0 spiro atoms. The van der Waals surface area contributed by atoms with Gasteiger partial charge in [0.2, 0.25) is 0 Å². The highest BCUT2D eigenvalue weighted by Crippen LogP contribution is 2.21. The second-order valence-electron chi connectivity index (χ2n) is 5.29. The Hall–Kier alpha value is -1.86. The minimum Gasteiger partial charge on any atom is -0.339 e. The summed E-state index contributed by atoms with van der Waals surface area (Å²) in [6, 6.07) is 9.89. The summed E-state index contributed by atoms with van der Waals surface area (Å²) in [6.45, 7) is 3.99. The molecule has 0 saturated heterocycles. The van der Waals surface area contributed by atoms with E-state index in [9.17, 15) is 13.2 Å². The molecule has 0 fully saturated rings. The predicted octanol–water partition coefficient (Wildman–Crippen LogP) is 3.42. The second kappa shape index (κ2) is 7.14. The molecule has 5 nitrogen and oxygen atoms in total. The van der Waals surface area contributed by atoms with Crippen LogP contribution in [-0.2, 0) is 10.0 Å². The summed E-state index contributed by atoms with van der Waals surface area (Å²) in [7, 11) is -1.86. The van der Waals surface area contributed by atoms with Gasteiger partial charge in [-0.05, 0) is 43.0 Å². The Balaban J connectivity index is 2.22. The fraction of sp³-hybridized carbons (Fsp3) is 0.312. The van der Waals surface area contributed by atoms with Crippen molar-refractivity contribution in [2.45, 2.75) is 30.5 Å². The van der Waals surface area contributed by atoms with Crippen molar-refractivity contribution in [2.24, 2.45) is 0 Å². The number of amides is 1. The number of benzene rings is 1. The zero-order chi connectivity index (χ0) is 17.0. The molecule has 0 saturated carbocycles. The first-order chi connectivity index (χ1) is 10.8. The van der Waals surface area contributed by atoms with Crippen molar-refractivity contribution in [1.82, 2.24) is 4.90 Å². The number of hydrogen-bond donors (Lipinski definition) is 1. The minimum atomic E-state index is -3.61. The monoisotopic (exact) mass is 352 g/mol. The average Bonchev–Trinajstić information content (AvgIpc) is 3.08. The lowest BCUT2D eigenvalue weighted by Gasteiger charge is -2.24. The number of carbonyl (C=O) groups excluding carboxylic acids is 1. The number of sulfonamides is 1. The lowest BCUT2D eigenvalue weighted by molar-refractivity contribution is 0.0740. The van der Waals surface area contributed by atoms with Gasteiger partial charge in [-0.1, -0.05) is 19.1 Å². The fourth-order valence-electron chi connectivity index (χ4n) is 2.02. The highest BCUT2D eigenvalue weighted by atomic mass is 32.2. The van der Waals surface area contributed by atoms with E-state index in [-0.39, 0.29) is 16.2 Å². The van der Waals surface area contributed by atoms with E-state index >= 15 is 0 Å². The van der Waals surface area contributed by atoms with Crippen LogP contribution in [0.5, 0.6) is 0 Å². The normalized spacial score (nSPS) is 12.7. The lowest BCUT2D eigenvalue weighted by atomic mass is 10.1. The summed E-state index contributed by atoms with van der Waals surface area (Å²) in [4.78, 5) is 14.1. The molecule has 0 aliphatic rings. The minimum absolute atomic E-state index is 0.119. The van der Waals surface area contributed by atoms with Gasteiger partial charge < -0.3 is 4.90 Å². The molecule has 2 rings (SSSR count). The van der Waals surface area contributed by atoms with Crippen LogP contribution >= 0.6 is 11.3 Å². The van der Waals surface area contributed by atoms with Crippen LogP contribution in [0.25, 0.3) is 0 Å². The van der Waals surface area contributed by atoms with E-state index in [1.807, 2.05) is 13.8 Å². The van der Waals surface area contributed by atoms with E-state index in [0.29, 0.717) is 11.3 Å². The Morgan fingerprint density at radius 2 is 2.04 bits per heavy atom. The maximum atomic E-state index is 12.4. The predicted molar refractivity (Wildman–Crippen MR) is 93.4 cm³/mol. The third kappa shape index (κ3) is 4.11. The molecule has 0 radical (unpaired) electrons. The molecule has 0 aliphatic heterocycles. The molecular formula is C16H20N2O3S2. The van der Waals surface area contributed by atoms with E-state index < -0.39 is 10.0 Å². The summed E-state index contributed by atoms with van der Waals surface area (Å²) in [5.74, 6) is -0.128. The van der Waals surface area contributed by atoms with E-state index in [0.717, 1.165) is 17.8 Å². The maximum absolute atomic E-state index is 12.4. The molecule has 1 unspecified atom stereocenters. The van der Waals surface area contributed by atoms with Crippen LogP contribution in [0.1, 0.15) is 30.6 Å². The molecule has 1 heterocycles. The zero-order valence-electron chi connectivity index (χ0n) is 13.3. The zero-order valence-corrected chi connectivity index (χ0v) is 14.9. The summed E-state index contributed by atoms with van der Waals surface area (Å²) in [6.07, 6.45) is 0.854. The molecule has 1 N–H and O–H groups in total. The van der Waals surface area contributed by atoms with Gasteiger partial charge in [0.1, 0.15) is 4.21 Å². The van der Waals surface area contributed by atoms with Crippen LogP contribution in [-0.4, -0.2) is 32.3 Å². The molecule has 124 valence electrons. The molecule has 7 heteroatoms. The summed E-state index contributed by atoms with van der Waals surface area (Å²) in [5.41, 5.74) is 0.834. The van der Waals surface area contributed by atoms with Gasteiger partial charge in [-0.25, -0.2) is 8.42 Å². The van der Waals surface area contributed by atoms with Gasteiger partial charge in [-0.3, -0.25) is 9.52 Å². The third-order valence-electron chi connectivity index (χ3n) is 3.69. The molecule has 2 aromatic rings. The maximum Gasteiger partial charge on any atom is 0.271 e. The molecule has 0 aliphatic carbocycles. The lowest BCUT2D eigenvalue weighted by Crippen LogP contribution is -2.34. The second-order valence-corrected chi connectivity index (χ2v) is 8.15. The van der Waals surface area contributed by atoms with Crippen molar-refractivity contribution in [3.8, 4) is 0 Å². The van der Waals surface area contributed by atoms with Crippen LogP contribution in [0, 0.1) is 0 Å². The summed E-state index contributed by atoms with van der Waals surface area (Å²) < 4.78 is 27.2. The van der Waals surface area contributed by atoms with E-state index in [1.54, 1.807) is 53.7 Å². The fourth-order valence-corrected chi connectivity index (χ4v) is 4.06. The first kappa shape index (κ1) is 17.5. The molecule has 23 heavy (non-hydrogen) atoms. The van der Waals surface area contributed by atoms with Crippen LogP contribution in [0.15, 0.2) is 46.0 Å². The third-order valence-corrected chi connectivity index (χ3v) is 6.47. The Labute approximate surface area is 141 Å². The van der Waals surface area contributed by atoms with Gasteiger partial charge in [0.05, 0.1) is 0 Å².